The molecule has 0 saturated carbocycles. The molecule has 1 rings (SSSR count). The quantitative estimate of drug-likeness (QED) is 0.830. The van der Waals surface area contributed by atoms with Gasteiger partial charge in [-0.25, -0.2) is 0 Å². The summed E-state index contributed by atoms with van der Waals surface area (Å²) >= 11 is 0. The molecule has 2 atom stereocenters. The molecule has 0 radical (unpaired) electrons. The molecule has 106 valence electrons. The van der Waals surface area contributed by atoms with E-state index in [4.69, 9.17) is 4.74 Å². The molecule has 0 spiro atoms. The SMILES string of the molecule is CC[C@@H](O)c1ccc(OC(C)C(=O)NC(C)C)cc1. The van der Waals surface area contributed by atoms with Gasteiger partial charge in [0, 0.05) is 6.04 Å². The van der Waals surface area contributed by atoms with Crippen molar-refractivity contribution in [3.05, 3.63) is 29.8 Å². The number of benzene rings is 1. The molecule has 4 nitrogen and oxygen atoms in total. The van der Waals surface area contributed by atoms with E-state index >= 15 is 0 Å². The van der Waals surface area contributed by atoms with Gasteiger partial charge in [-0.2, -0.15) is 0 Å². The number of hydrogen-bond donors (Lipinski definition) is 2. The number of carbonyl (C=O) groups excluding carboxylic acids is 1. The molecule has 0 saturated heterocycles. The Morgan fingerprint density at radius 2 is 1.84 bits per heavy atom. The summed E-state index contributed by atoms with van der Waals surface area (Å²) in [6.45, 7) is 7.46. The first-order chi connectivity index (χ1) is 8.93. The van der Waals surface area contributed by atoms with Gasteiger partial charge in [0.2, 0.25) is 0 Å². The number of aliphatic hydroxyl groups is 1. The molecule has 1 amide bonds. The highest BCUT2D eigenvalue weighted by Gasteiger charge is 2.15. The second kappa shape index (κ2) is 7.14. The van der Waals surface area contributed by atoms with Gasteiger partial charge in [0.25, 0.3) is 5.91 Å². The molecule has 0 heterocycles. The zero-order chi connectivity index (χ0) is 14.4. The van der Waals surface area contributed by atoms with Crippen molar-refractivity contribution in [1.29, 1.82) is 0 Å². The number of hydrogen-bond acceptors (Lipinski definition) is 3. The summed E-state index contributed by atoms with van der Waals surface area (Å²) in [6.07, 6.45) is -0.312. The van der Waals surface area contributed by atoms with Gasteiger partial charge >= 0.3 is 0 Å². The van der Waals surface area contributed by atoms with E-state index in [0.29, 0.717) is 12.2 Å². The van der Waals surface area contributed by atoms with Gasteiger partial charge in [-0.15, -0.1) is 0 Å². The van der Waals surface area contributed by atoms with Crippen molar-refractivity contribution in [2.75, 3.05) is 0 Å². The average molecular weight is 265 g/mol. The monoisotopic (exact) mass is 265 g/mol. The van der Waals surface area contributed by atoms with Crippen molar-refractivity contribution in [3.8, 4) is 5.75 Å². The molecule has 1 aromatic carbocycles. The Labute approximate surface area is 114 Å². The lowest BCUT2D eigenvalue weighted by Crippen LogP contribution is -2.40. The fraction of sp³-hybridized carbons (Fsp3) is 0.533. The Balaban J connectivity index is 2.60. The van der Waals surface area contributed by atoms with Crippen LogP contribution in [0.1, 0.15) is 45.8 Å². The average Bonchev–Trinajstić information content (AvgIpc) is 2.37. The molecule has 0 aromatic heterocycles. The van der Waals surface area contributed by atoms with Crippen molar-refractivity contribution in [2.45, 2.75) is 52.4 Å². The third-order valence-electron chi connectivity index (χ3n) is 2.76. The summed E-state index contributed by atoms with van der Waals surface area (Å²) in [5, 5.41) is 12.5. The molecular weight excluding hydrogens is 242 g/mol. The van der Waals surface area contributed by atoms with Crippen LogP contribution in [0, 0.1) is 0 Å². The Morgan fingerprint density at radius 1 is 1.26 bits per heavy atom. The Hall–Kier alpha value is -1.55. The van der Waals surface area contributed by atoms with E-state index < -0.39 is 12.2 Å². The Morgan fingerprint density at radius 3 is 2.32 bits per heavy atom. The maximum absolute atomic E-state index is 11.7. The standard InChI is InChI=1S/C15H23NO3/c1-5-14(17)12-6-8-13(9-7-12)19-11(4)15(18)16-10(2)3/h6-11,14,17H,5H2,1-4H3,(H,16,18)/t11?,14-/m1/s1. The molecule has 0 fully saturated rings. The van der Waals surface area contributed by atoms with Crippen LogP contribution < -0.4 is 10.1 Å². The molecule has 1 aromatic rings. The van der Waals surface area contributed by atoms with E-state index in [1.807, 2.05) is 32.9 Å². The maximum atomic E-state index is 11.7. The van der Waals surface area contributed by atoms with Crippen LogP contribution in [0.2, 0.25) is 0 Å². The molecule has 4 heteroatoms. The summed E-state index contributed by atoms with van der Waals surface area (Å²) in [5.41, 5.74) is 0.856. The smallest absolute Gasteiger partial charge is 0.260 e. The van der Waals surface area contributed by atoms with Gasteiger partial charge in [0.15, 0.2) is 6.10 Å². The molecule has 0 aliphatic rings. The fourth-order valence-corrected chi connectivity index (χ4v) is 1.66. The first kappa shape index (κ1) is 15.5. The normalized spacial score (nSPS) is 14.0. The second-order valence-electron chi connectivity index (χ2n) is 4.92. The minimum absolute atomic E-state index is 0.0978. The van der Waals surface area contributed by atoms with Crippen LogP contribution in [0.25, 0.3) is 0 Å². The Kier molecular flexibility index (Phi) is 5.83. The number of aliphatic hydroxyl groups excluding tert-OH is 1. The minimum Gasteiger partial charge on any atom is -0.481 e. The zero-order valence-corrected chi connectivity index (χ0v) is 12.0. The van der Waals surface area contributed by atoms with Crippen LogP contribution in [-0.2, 0) is 4.79 Å². The van der Waals surface area contributed by atoms with Crippen LogP contribution in [0.4, 0.5) is 0 Å². The van der Waals surface area contributed by atoms with Crippen molar-refractivity contribution in [3.63, 3.8) is 0 Å². The highest BCUT2D eigenvalue weighted by atomic mass is 16.5. The molecule has 19 heavy (non-hydrogen) atoms. The summed E-state index contributed by atoms with van der Waals surface area (Å²) < 4.78 is 5.55. The molecule has 1 unspecified atom stereocenters. The number of ether oxygens (including phenoxy) is 1. The minimum atomic E-state index is -0.538. The molecular formula is C15H23NO3. The second-order valence-corrected chi connectivity index (χ2v) is 4.92. The van der Waals surface area contributed by atoms with Crippen LogP contribution in [0.3, 0.4) is 0 Å². The van der Waals surface area contributed by atoms with Gasteiger partial charge in [0.05, 0.1) is 6.10 Å². The highest BCUT2D eigenvalue weighted by Crippen LogP contribution is 2.20. The third-order valence-corrected chi connectivity index (χ3v) is 2.76. The van der Waals surface area contributed by atoms with E-state index in [1.54, 1.807) is 19.1 Å². The number of nitrogens with one attached hydrogen (secondary N) is 1. The summed E-state index contributed by atoms with van der Waals surface area (Å²) in [7, 11) is 0. The van der Waals surface area contributed by atoms with Gasteiger partial charge in [-0.1, -0.05) is 19.1 Å². The lowest BCUT2D eigenvalue weighted by molar-refractivity contribution is -0.127. The van der Waals surface area contributed by atoms with Crippen LogP contribution >= 0.6 is 0 Å². The van der Waals surface area contributed by atoms with Gasteiger partial charge < -0.3 is 15.2 Å². The Bertz CT molecular complexity index is 400. The first-order valence-corrected chi connectivity index (χ1v) is 6.69. The van der Waals surface area contributed by atoms with Crippen molar-refractivity contribution >= 4 is 5.91 Å². The molecule has 0 aliphatic heterocycles. The van der Waals surface area contributed by atoms with Gasteiger partial charge in [-0.05, 0) is 44.9 Å². The lowest BCUT2D eigenvalue weighted by Gasteiger charge is -2.17. The zero-order valence-electron chi connectivity index (χ0n) is 12.0. The molecule has 0 aliphatic carbocycles. The highest BCUT2D eigenvalue weighted by molar-refractivity contribution is 5.80. The predicted octanol–water partition coefficient (Wildman–Crippen LogP) is 2.42. The van der Waals surface area contributed by atoms with Crippen LogP contribution in [-0.4, -0.2) is 23.2 Å². The lowest BCUT2D eigenvalue weighted by atomic mass is 10.1. The third kappa shape index (κ3) is 4.91. The van der Waals surface area contributed by atoms with Gasteiger partial charge in [0.1, 0.15) is 5.75 Å². The fourth-order valence-electron chi connectivity index (χ4n) is 1.66. The van der Waals surface area contributed by atoms with Crippen molar-refractivity contribution in [2.24, 2.45) is 0 Å². The number of carbonyl (C=O) groups is 1. The molecule has 2 N–H and O–H groups in total. The van der Waals surface area contributed by atoms with Crippen LogP contribution in [0.15, 0.2) is 24.3 Å². The van der Waals surface area contributed by atoms with E-state index in [9.17, 15) is 9.90 Å². The van der Waals surface area contributed by atoms with E-state index in [2.05, 4.69) is 5.32 Å². The topological polar surface area (TPSA) is 58.6 Å². The predicted molar refractivity (Wildman–Crippen MR) is 75.1 cm³/mol. The van der Waals surface area contributed by atoms with E-state index in [-0.39, 0.29) is 11.9 Å². The van der Waals surface area contributed by atoms with Crippen molar-refractivity contribution < 1.29 is 14.6 Å². The van der Waals surface area contributed by atoms with E-state index in [1.165, 1.54) is 0 Å². The van der Waals surface area contributed by atoms with E-state index in [0.717, 1.165) is 5.56 Å². The largest absolute Gasteiger partial charge is 0.481 e. The first-order valence-electron chi connectivity index (χ1n) is 6.69. The molecule has 0 bridgehead atoms. The van der Waals surface area contributed by atoms with Gasteiger partial charge in [-0.3, -0.25) is 4.79 Å². The summed E-state index contributed by atoms with van der Waals surface area (Å²) in [5.74, 6) is 0.492. The van der Waals surface area contributed by atoms with Crippen molar-refractivity contribution in [1.82, 2.24) is 5.32 Å². The van der Waals surface area contributed by atoms with Crippen LogP contribution in [0.5, 0.6) is 5.75 Å². The number of rotatable bonds is 6. The number of amides is 1. The summed E-state index contributed by atoms with van der Waals surface area (Å²) in [6, 6.07) is 7.27. The maximum Gasteiger partial charge on any atom is 0.260 e. The summed E-state index contributed by atoms with van der Waals surface area (Å²) in [4.78, 5) is 11.7.